The molecule has 0 aliphatic rings. The number of thioether (sulfide) groups is 1. The number of hydrogen-bond acceptors (Lipinski definition) is 4. The molecule has 0 heterocycles. The van der Waals surface area contributed by atoms with E-state index >= 15 is 0 Å². The van der Waals surface area contributed by atoms with Gasteiger partial charge in [-0.3, -0.25) is 4.72 Å². The van der Waals surface area contributed by atoms with Crippen LogP contribution in [0.5, 0.6) is 0 Å². The average molecular weight is 391 g/mol. The second-order valence-corrected chi connectivity index (χ2v) is 7.47. The molecule has 0 spiro atoms. The summed E-state index contributed by atoms with van der Waals surface area (Å²) < 4.78 is 41.1. The van der Waals surface area contributed by atoms with E-state index in [2.05, 4.69) is 20.7 Å². The van der Waals surface area contributed by atoms with Crippen molar-refractivity contribution in [1.29, 1.82) is 0 Å². The molecule has 0 saturated heterocycles. The van der Waals surface area contributed by atoms with Gasteiger partial charge in [-0.15, -0.1) is 11.8 Å². The Labute approximate surface area is 135 Å². The van der Waals surface area contributed by atoms with Crippen molar-refractivity contribution in [1.82, 2.24) is 0 Å². The average Bonchev–Trinajstić information content (AvgIpc) is 2.43. The molecule has 0 saturated carbocycles. The number of nitrogens with two attached hydrogens (primary N) is 1. The lowest BCUT2D eigenvalue weighted by Crippen LogP contribution is -2.15. The third kappa shape index (κ3) is 3.50. The highest BCUT2D eigenvalue weighted by Gasteiger charge is 2.22. The van der Waals surface area contributed by atoms with Gasteiger partial charge in [-0.1, -0.05) is 12.1 Å². The van der Waals surface area contributed by atoms with Crippen LogP contribution < -0.4 is 10.5 Å². The summed E-state index contributed by atoms with van der Waals surface area (Å²) in [6.07, 6.45) is 1.82. The molecule has 2 aromatic rings. The Morgan fingerprint density at radius 1 is 1.29 bits per heavy atom. The van der Waals surface area contributed by atoms with Crippen LogP contribution in [0.15, 0.2) is 50.7 Å². The first-order chi connectivity index (χ1) is 9.85. The Bertz CT molecular complexity index is 782. The minimum absolute atomic E-state index is 0.000951. The lowest BCUT2D eigenvalue weighted by molar-refractivity contribution is 0.567. The van der Waals surface area contributed by atoms with E-state index in [9.17, 15) is 12.8 Å². The molecule has 0 aromatic heterocycles. The van der Waals surface area contributed by atoms with Gasteiger partial charge >= 0.3 is 0 Å². The standard InChI is InChI=1S/C13H12BrFN2O2S2/c1-20-11-5-3-2-4-10(11)17-21(18,19)12-7-8(16)6-9(14)13(12)15/h2-7,17H,16H2,1H3. The molecule has 0 fully saturated rings. The third-order valence-corrected chi connectivity index (χ3v) is 5.40. The van der Waals surface area contributed by atoms with Crippen LogP contribution in [0.3, 0.4) is 0 Å². The summed E-state index contributed by atoms with van der Waals surface area (Å²) in [7, 11) is -4.07. The van der Waals surface area contributed by atoms with Crippen molar-refractivity contribution in [3.8, 4) is 0 Å². The summed E-state index contributed by atoms with van der Waals surface area (Å²) in [6, 6.07) is 9.27. The number of nitrogen functional groups attached to an aromatic ring is 1. The molecule has 8 heteroatoms. The molecule has 0 radical (unpaired) electrons. The minimum atomic E-state index is -4.07. The van der Waals surface area contributed by atoms with Crippen LogP contribution in [0.4, 0.5) is 15.8 Å². The predicted octanol–water partition coefficient (Wildman–Crippen LogP) is 3.69. The summed E-state index contributed by atoms with van der Waals surface area (Å²) in [5.41, 5.74) is 6.13. The summed E-state index contributed by atoms with van der Waals surface area (Å²) in [5, 5.41) is 0. The van der Waals surface area contributed by atoms with E-state index < -0.39 is 20.7 Å². The molecule has 0 aliphatic heterocycles. The van der Waals surface area contributed by atoms with E-state index in [4.69, 9.17) is 5.73 Å². The topological polar surface area (TPSA) is 72.2 Å². The first-order valence-corrected chi connectivity index (χ1v) is 9.25. The van der Waals surface area contributed by atoms with Crippen LogP contribution in [0.2, 0.25) is 0 Å². The molecule has 112 valence electrons. The number of nitrogens with one attached hydrogen (secondary N) is 1. The van der Waals surface area contributed by atoms with Crippen molar-refractivity contribution in [2.24, 2.45) is 0 Å². The molecule has 0 unspecified atom stereocenters. The van der Waals surface area contributed by atoms with Crippen LogP contribution >= 0.6 is 27.7 Å². The second-order valence-electron chi connectivity index (χ2n) is 4.12. The van der Waals surface area contributed by atoms with Crippen LogP contribution in [0.25, 0.3) is 0 Å². The van der Waals surface area contributed by atoms with Crippen molar-refractivity contribution in [3.05, 3.63) is 46.7 Å². The van der Waals surface area contributed by atoms with Crippen LogP contribution in [0, 0.1) is 5.82 Å². The Hall–Kier alpha value is -1.25. The summed E-state index contributed by atoms with van der Waals surface area (Å²) in [6.45, 7) is 0. The highest BCUT2D eigenvalue weighted by Crippen LogP contribution is 2.30. The molecule has 0 aliphatic carbocycles. The first kappa shape index (κ1) is 16.1. The molecule has 0 atom stereocenters. The number of rotatable bonds is 4. The zero-order chi connectivity index (χ0) is 15.6. The van der Waals surface area contributed by atoms with Gasteiger partial charge < -0.3 is 5.73 Å². The number of hydrogen-bond donors (Lipinski definition) is 2. The van der Waals surface area contributed by atoms with Crippen LogP contribution in [0.1, 0.15) is 0 Å². The Morgan fingerprint density at radius 2 is 1.95 bits per heavy atom. The fourth-order valence-corrected chi connectivity index (χ4v) is 4.15. The normalized spacial score (nSPS) is 11.4. The van der Waals surface area contributed by atoms with E-state index in [1.54, 1.807) is 24.3 Å². The third-order valence-electron chi connectivity index (χ3n) is 2.66. The van der Waals surface area contributed by atoms with Gasteiger partial charge in [0.15, 0.2) is 5.82 Å². The van der Waals surface area contributed by atoms with Gasteiger partial charge in [-0.2, -0.15) is 0 Å². The zero-order valence-electron chi connectivity index (χ0n) is 10.9. The number of sulfonamides is 1. The largest absolute Gasteiger partial charge is 0.399 e. The van der Waals surface area contributed by atoms with Gasteiger partial charge in [0.25, 0.3) is 10.0 Å². The molecule has 2 aromatic carbocycles. The highest BCUT2D eigenvalue weighted by molar-refractivity contribution is 9.10. The van der Waals surface area contributed by atoms with Crippen molar-refractivity contribution in [2.75, 3.05) is 16.7 Å². The molecular weight excluding hydrogens is 379 g/mol. The fourth-order valence-electron chi connectivity index (χ4n) is 1.71. The molecular formula is C13H12BrFN2O2S2. The van der Waals surface area contributed by atoms with Gasteiger partial charge in [0, 0.05) is 10.6 Å². The van der Waals surface area contributed by atoms with Crippen molar-refractivity contribution < 1.29 is 12.8 Å². The van der Waals surface area contributed by atoms with Crippen LogP contribution in [-0.2, 0) is 10.0 Å². The number of anilines is 2. The van der Waals surface area contributed by atoms with Crippen LogP contribution in [-0.4, -0.2) is 14.7 Å². The van der Waals surface area contributed by atoms with E-state index in [-0.39, 0.29) is 10.2 Å². The lowest BCUT2D eigenvalue weighted by atomic mass is 10.3. The SMILES string of the molecule is CSc1ccccc1NS(=O)(=O)c1cc(N)cc(Br)c1F. The van der Waals surface area contributed by atoms with Gasteiger partial charge in [-0.25, -0.2) is 12.8 Å². The second kappa shape index (κ2) is 6.25. The highest BCUT2D eigenvalue weighted by atomic mass is 79.9. The van der Waals surface area contributed by atoms with Gasteiger partial charge in [0.1, 0.15) is 4.90 Å². The smallest absolute Gasteiger partial charge is 0.264 e. The summed E-state index contributed by atoms with van der Waals surface area (Å²) >= 11 is 4.34. The first-order valence-electron chi connectivity index (χ1n) is 5.75. The minimum Gasteiger partial charge on any atom is -0.399 e. The molecule has 3 N–H and O–H groups in total. The lowest BCUT2D eigenvalue weighted by Gasteiger charge is -2.12. The quantitative estimate of drug-likeness (QED) is 0.616. The van der Waals surface area contributed by atoms with Crippen molar-refractivity contribution >= 4 is 49.1 Å². The van der Waals surface area contributed by atoms with Gasteiger partial charge in [0.2, 0.25) is 0 Å². The predicted molar refractivity (Wildman–Crippen MR) is 87.5 cm³/mol. The summed E-state index contributed by atoms with van der Waals surface area (Å²) in [4.78, 5) is 0.245. The maximum atomic E-state index is 14.0. The molecule has 4 nitrogen and oxygen atoms in total. The fraction of sp³-hybridized carbons (Fsp3) is 0.0769. The van der Waals surface area contributed by atoms with E-state index in [1.807, 2.05) is 6.26 Å². The van der Waals surface area contributed by atoms with E-state index in [1.165, 1.54) is 17.8 Å². The van der Waals surface area contributed by atoms with E-state index in [0.717, 1.165) is 11.0 Å². The maximum absolute atomic E-state index is 14.0. The Morgan fingerprint density at radius 3 is 2.62 bits per heavy atom. The zero-order valence-corrected chi connectivity index (χ0v) is 14.1. The molecule has 0 amide bonds. The van der Waals surface area contributed by atoms with Gasteiger partial charge in [-0.05, 0) is 46.5 Å². The Balaban J connectivity index is 2.49. The van der Waals surface area contributed by atoms with Gasteiger partial charge in [0.05, 0.1) is 10.2 Å². The number of halogens is 2. The molecule has 2 rings (SSSR count). The van der Waals surface area contributed by atoms with E-state index in [0.29, 0.717) is 5.69 Å². The molecule has 0 bridgehead atoms. The number of benzene rings is 2. The van der Waals surface area contributed by atoms with Crippen molar-refractivity contribution in [3.63, 3.8) is 0 Å². The summed E-state index contributed by atoms with van der Waals surface area (Å²) in [5.74, 6) is -0.877. The maximum Gasteiger partial charge on any atom is 0.264 e. The monoisotopic (exact) mass is 390 g/mol. The Kier molecular flexibility index (Phi) is 4.80. The molecule has 21 heavy (non-hydrogen) atoms. The number of para-hydroxylation sites is 1. The van der Waals surface area contributed by atoms with Crippen molar-refractivity contribution in [2.45, 2.75) is 9.79 Å².